The van der Waals surface area contributed by atoms with Crippen molar-refractivity contribution in [3.63, 3.8) is 0 Å². The fourth-order valence-corrected chi connectivity index (χ4v) is 1.65. The smallest absolute Gasteiger partial charge is 0.181 e. The van der Waals surface area contributed by atoms with Crippen molar-refractivity contribution < 1.29 is 4.39 Å². The van der Waals surface area contributed by atoms with Crippen LogP contribution in [-0.2, 0) is 0 Å². The topological polar surface area (TPSA) is 38.7 Å². The van der Waals surface area contributed by atoms with E-state index in [4.69, 9.17) is 23.2 Å². The van der Waals surface area contributed by atoms with Gasteiger partial charge in [-0.3, -0.25) is 0 Å². The molecule has 2 heterocycles. The lowest BCUT2D eigenvalue weighted by Gasteiger charge is -2.02. The monoisotopic (exact) mass is 369 g/mol. The van der Waals surface area contributed by atoms with Gasteiger partial charge in [-0.1, -0.05) is 23.2 Å². The first kappa shape index (κ1) is 11.9. The van der Waals surface area contributed by atoms with Crippen molar-refractivity contribution >= 4 is 45.8 Å². The summed E-state index contributed by atoms with van der Waals surface area (Å²) in [5.74, 6) is -0.151. The molecule has 0 N–H and O–H groups in total. The maximum atomic E-state index is 12.7. The Morgan fingerprint density at radius 1 is 1.12 bits per heavy atom. The van der Waals surface area contributed by atoms with E-state index < -0.39 is 5.82 Å². The Labute approximate surface area is 114 Å². The second-order valence-corrected chi connectivity index (χ2v) is 4.60. The summed E-state index contributed by atoms with van der Waals surface area (Å²) < 4.78 is 13.2. The minimum Gasteiger partial charge on any atom is -0.250 e. The molecule has 0 aromatic carbocycles. The van der Waals surface area contributed by atoms with Gasteiger partial charge in [0, 0.05) is 0 Å². The van der Waals surface area contributed by atoms with Crippen LogP contribution >= 0.6 is 45.8 Å². The van der Waals surface area contributed by atoms with Crippen molar-refractivity contribution in [1.29, 1.82) is 0 Å². The molecular formula is C9H3Cl2FIN3. The quantitative estimate of drug-likeness (QED) is 0.569. The molecule has 2 aromatic rings. The van der Waals surface area contributed by atoms with Crippen LogP contribution in [0, 0.1) is 9.39 Å². The fourth-order valence-electron chi connectivity index (χ4n) is 1.02. The summed E-state index contributed by atoms with van der Waals surface area (Å²) in [6.07, 6.45) is 1.08. The number of halogens is 4. The molecule has 16 heavy (non-hydrogen) atoms. The molecule has 3 nitrogen and oxygen atoms in total. The minimum atomic E-state index is -0.425. The number of rotatable bonds is 1. The van der Waals surface area contributed by atoms with Crippen molar-refractivity contribution in [1.82, 2.24) is 15.0 Å². The van der Waals surface area contributed by atoms with E-state index in [1.54, 1.807) is 0 Å². The van der Waals surface area contributed by atoms with Crippen molar-refractivity contribution in [3.8, 4) is 11.5 Å². The molecule has 0 saturated carbocycles. The molecule has 0 bridgehead atoms. The van der Waals surface area contributed by atoms with Crippen LogP contribution in [0.4, 0.5) is 4.39 Å². The van der Waals surface area contributed by atoms with Gasteiger partial charge in [0.15, 0.2) is 5.82 Å². The summed E-state index contributed by atoms with van der Waals surface area (Å²) in [5.41, 5.74) is 0.418. The van der Waals surface area contributed by atoms with Gasteiger partial charge in [-0.05, 0) is 34.7 Å². The molecule has 0 aliphatic carbocycles. The molecule has 0 saturated heterocycles. The van der Waals surface area contributed by atoms with Crippen LogP contribution < -0.4 is 0 Å². The van der Waals surface area contributed by atoms with Crippen LogP contribution in [0.3, 0.4) is 0 Å². The van der Waals surface area contributed by atoms with Crippen molar-refractivity contribution in [2.24, 2.45) is 0 Å². The standard InChI is InChI=1S/C9H3Cl2FIN3/c10-7-6(13)8(11)16-9(15-7)5-2-1-4(12)3-14-5/h1-3H. The molecule has 0 aliphatic heterocycles. The molecule has 2 aromatic heterocycles. The number of pyridine rings is 1. The van der Waals surface area contributed by atoms with Gasteiger partial charge in [0.1, 0.15) is 21.8 Å². The van der Waals surface area contributed by atoms with E-state index in [2.05, 4.69) is 15.0 Å². The molecule has 0 atom stereocenters. The Hall–Kier alpha value is -0.530. The van der Waals surface area contributed by atoms with Crippen LogP contribution in [0.25, 0.3) is 11.5 Å². The first-order valence-corrected chi connectivity index (χ1v) is 5.92. The van der Waals surface area contributed by atoms with E-state index in [1.165, 1.54) is 12.1 Å². The van der Waals surface area contributed by atoms with Crippen molar-refractivity contribution in [2.45, 2.75) is 0 Å². The first-order valence-electron chi connectivity index (χ1n) is 4.08. The summed E-state index contributed by atoms with van der Waals surface area (Å²) >= 11 is 13.7. The molecule has 7 heteroatoms. The average molecular weight is 370 g/mol. The zero-order chi connectivity index (χ0) is 11.7. The van der Waals surface area contributed by atoms with Gasteiger partial charge in [-0.2, -0.15) is 0 Å². The molecular weight excluding hydrogens is 367 g/mol. The SMILES string of the molecule is Fc1ccc(-c2nc(Cl)c(I)c(Cl)n2)nc1. The molecule has 0 radical (unpaired) electrons. The van der Waals surface area contributed by atoms with Crippen molar-refractivity contribution in [3.05, 3.63) is 38.0 Å². The largest absolute Gasteiger partial charge is 0.250 e. The summed E-state index contributed by atoms with van der Waals surface area (Å²) in [5, 5.41) is 0.503. The third kappa shape index (κ3) is 2.41. The number of hydrogen-bond acceptors (Lipinski definition) is 3. The highest BCUT2D eigenvalue weighted by Crippen LogP contribution is 2.25. The lowest BCUT2D eigenvalue weighted by Crippen LogP contribution is -1.95. The minimum absolute atomic E-state index is 0.252. The van der Waals surface area contributed by atoms with E-state index >= 15 is 0 Å². The van der Waals surface area contributed by atoms with Crippen LogP contribution in [-0.4, -0.2) is 15.0 Å². The number of aromatic nitrogens is 3. The zero-order valence-electron chi connectivity index (χ0n) is 7.59. The number of nitrogens with zero attached hydrogens (tertiary/aromatic N) is 3. The summed E-state index contributed by atoms with van der Waals surface area (Å²) in [6, 6.07) is 2.73. The Balaban J connectivity index is 2.52. The van der Waals surface area contributed by atoms with Gasteiger partial charge in [0.25, 0.3) is 0 Å². The Bertz CT molecular complexity index is 510. The van der Waals surface area contributed by atoms with Gasteiger partial charge in [0.05, 0.1) is 9.77 Å². The Morgan fingerprint density at radius 2 is 1.75 bits per heavy atom. The van der Waals surface area contributed by atoms with Crippen LogP contribution in [0.15, 0.2) is 18.3 Å². The summed E-state index contributed by atoms with van der Waals surface area (Å²) in [4.78, 5) is 11.9. The van der Waals surface area contributed by atoms with E-state index in [0.29, 0.717) is 9.26 Å². The van der Waals surface area contributed by atoms with E-state index in [1.807, 2.05) is 22.6 Å². The third-order valence-corrected chi connectivity index (χ3v) is 3.93. The van der Waals surface area contributed by atoms with E-state index in [9.17, 15) is 4.39 Å². The molecule has 2 rings (SSSR count). The molecule has 0 fully saturated rings. The average Bonchev–Trinajstić information content (AvgIpc) is 2.26. The molecule has 82 valence electrons. The van der Waals surface area contributed by atoms with Gasteiger partial charge >= 0.3 is 0 Å². The Morgan fingerprint density at radius 3 is 2.25 bits per heavy atom. The third-order valence-electron chi connectivity index (χ3n) is 1.73. The van der Waals surface area contributed by atoms with Gasteiger partial charge in [-0.15, -0.1) is 0 Å². The first-order chi connectivity index (χ1) is 7.58. The summed E-state index contributed by atoms with van der Waals surface area (Å²) in [6.45, 7) is 0. The van der Waals surface area contributed by atoms with E-state index in [0.717, 1.165) is 6.20 Å². The predicted molar refractivity (Wildman–Crippen MR) is 68.0 cm³/mol. The van der Waals surface area contributed by atoms with E-state index in [-0.39, 0.29) is 16.1 Å². The highest BCUT2D eigenvalue weighted by molar-refractivity contribution is 14.1. The maximum Gasteiger partial charge on any atom is 0.181 e. The zero-order valence-corrected chi connectivity index (χ0v) is 11.3. The van der Waals surface area contributed by atoms with Crippen LogP contribution in [0.2, 0.25) is 10.3 Å². The van der Waals surface area contributed by atoms with Gasteiger partial charge in [0.2, 0.25) is 0 Å². The van der Waals surface area contributed by atoms with Gasteiger partial charge in [-0.25, -0.2) is 19.3 Å². The second-order valence-electron chi connectivity index (χ2n) is 2.80. The number of hydrogen-bond donors (Lipinski definition) is 0. The highest BCUT2D eigenvalue weighted by atomic mass is 127. The van der Waals surface area contributed by atoms with Crippen LogP contribution in [0.5, 0.6) is 0 Å². The fraction of sp³-hybridized carbons (Fsp3) is 0. The molecule has 0 amide bonds. The lowest BCUT2D eigenvalue weighted by atomic mass is 10.3. The normalized spacial score (nSPS) is 10.5. The summed E-state index contributed by atoms with van der Waals surface area (Å²) in [7, 11) is 0. The van der Waals surface area contributed by atoms with Gasteiger partial charge < -0.3 is 0 Å². The van der Waals surface area contributed by atoms with Crippen LogP contribution in [0.1, 0.15) is 0 Å². The molecule has 0 unspecified atom stereocenters. The lowest BCUT2D eigenvalue weighted by molar-refractivity contribution is 0.621. The maximum absolute atomic E-state index is 12.7. The molecule has 0 aliphatic rings. The molecule has 0 spiro atoms. The van der Waals surface area contributed by atoms with Crippen molar-refractivity contribution in [2.75, 3.05) is 0 Å². The Kier molecular flexibility index (Phi) is 3.56. The second kappa shape index (κ2) is 4.77. The highest BCUT2D eigenvalue weighted by Gasteiger charge is 2.11. The predicted octanol–water partition coefficient (Wildman–Crippen LogP) is 3.59.